The summed E-state index contributed by atoms with van der Waals surface area (Å²) in [6.07, 6.45) is 0.912. The molecule has 1 aromatic carbocycles. The summed E-state index contributed by atoms with van der Waals surface area (Å²) in [5, 5.41) is 0. The lowest BCUT2D eigenvalue weighted by Crippen LogP contribution is -2.17. The van der Waals surface area contributed by atoms with Gasteiger partial charge in [-0.3, -0.25) is 4.79 Å². The third-order valence-electron chi connectivity index (χ3n) is 2.35. The van der Waals surface area contributed by atoms with Crippen LogP contribution in [0.25, 0.3) is 0 Å². The molecule has 0 aromatic heterocycles. The van der Waals surface area contributed by atoms with Gasteiger partial charge in [-0.2, -0.15) is 0 Å². The Bertz CT molecular complexity index is 294. The molecule has 2 nitrogen and oxygen atoms in total. The van der Waals surface area contributed by atoms with Gasteiger partial charge in [0.05, 0.1) is 0 Å². The van der Waals surface area contributed by atoms with Crippen LogP contribution >= 0.6 is 0 Å². The van der Waals surface area contributed by atoms with Crippen LogP contribution in [0.3, 0.4) is 0 Å². The second kappa shape index (κ2) is 4.19. The fourth-order valence-electron chi connectivity index (χ4n) is 1.28. The van der Waals surface area contributed by atoms with Crippen molar-refractivity contribution in [3.63, 3.8) is 0 Å². The van der Waals surface area contributed by atoms with Crippen LogP contribution < -0.4 is 0 Å². The second-order valence-corrected chi connectivity index (χ2v) is 3.39. The van der Waals surface area contributed by atoms with E-state index in [2.05, 4.69) is 11.8 Å². The normalized spacial score (nSPS) is 12.9. The number of hydrogen-bond donors (Lipinski definition) is 0. The number of rotatable bonds is 3. The molecule has 2 heteroatoms. The SMILES string of the molecule is C[C@H](c1ccccc1C=O)N(C)C. The van der Waals surface area contributed by atoms with E-state index in [0.29, 0.717) is 0 Å². The van der Waals surface area contributed by atoms with Crippen LogP contribution in [0, 0.1) is 0 Å². The largest absolute Gasteiger partial charge is 0.303 e. The van der Waals surface area contributed by atoms with Crippen LogP contribution in [-0.4, -0.2) is 25.3 Å². The van der Waals surface area contributed by atoms with Gasteiger partial charge in [0, 0.05) is 11.6 Å². The van der Waals surface area contributed by atoms with Crippen molar-refractivity contribution in [2.75, 3.05) is 14.1 Å². The van der Waals surface area contributed by atoms with Crippen LogP contribution in [0.5, 0.6) is 0 Å². The minimum atomic E-state index is 0.279. The highest BCUT2D eigenvalue weighted by Gasteiger charge is 2.10. The monoisotopic (exact) mass is 177 g/mol. The predicted molar refractivity (Wildman–Crippen MR) is 53.9 cm³/mol. The van der Waals surface area contributed by atoms with E-state index in [4.69, 9.17) is 0 Å². The van der Waals surface area contributed by atoms with Gasteiger partial charge >= 0.3 is 0 Å². The van der Waals surface area contributed by atoms with E-state index in [0.717, 1.165) is 17.4 Å². The van der Waals surface area contributed by atoms with Crippen molar-refractivity contribution in [3.05, 3.63) is 35.4 Å². The van der Waals surface area contributed by atoms with Gasteiger partial charge in [0.25, 0.3) is 0 Å². The maximum Gasteiger partial charge on any atom is 0.150 e. The quantitative estimate of drug-likeness (QED) is 0.659. The minimum Gasteiger partial charge on any atom is -0.303 e. The van der Waals surface area contributed by atoms with E-state index in [-0.39, 0.29) is 6.04 Å². The van der Waals surface area contributed by atoms with Gasteiger partial charge in [0.2, 0.25) is 0 Å². The number of nitrogens with zero attached hydrogens (tertiary/aromatic N) is 1. The lowest BCUT2D eigenvalue weighted by Gasteiger charge is -2.21. The zero-order valence-corrected chi connectivity index (χ0v) is 8.32. The molecule has 0 aliphatic carbocycles. The van der Waals surface area contributed by atoms with Crippen LogP contribution in [0.2, 0.25) is 0 Å². The van der Waals surface area contributed by atoms with E-state index in [1.54, 1.807) is 0 Å². The Morgan fingerprint density at radius 1 is 1.31 bits per heavy atom. The van der Waals surface area contributed by atoms with Gasteiger partial charge < -0.3 is 4.90 Å². The van der Waals surface area contributed by atoms with E-state index < -0.39 is 0 Å². The number of carbonyl (C=O) groups excluding carboxylic acids is 1. The molecule has 0 spiro atoms. The fourth-order valence-corrected chi connectivity index (χ4v) is 1.28. The van der Waals surface area contributed by atoms with Crippen LogP contribution in [0.1, 0.15) is 28.9 Å². The Hall–Kier alpha value is -1.15. The topological polar surface area (TPSA) is 20.3 Å². The molecule has 1 rings (SSSR count). The van der Waals surface area contributed by atoms with Crippen molar-refractivity contribution < 1.29 is 4.79 Å². The highest BCUT2D eigenvalue weighted by atomic mass is 16.1. The second-order valence-electron chi connectivity index (χ2n) is 3.39. The van der Waals surface area contributed by atoms with Crippen LogP contribution in [0.15, 0.2) is 24.3 Å². The average Bonchev–Trinajstić information content (AvgIpc) is 2.16. The number of benzene rings is 1. The first-order chi connectivity index (χ1) is 6.16. The average molecular weight is 177 g/mol. The summed E-state index contributed by atoms with van der Waals surface area (Å²) in [5.41, 5.74) is 1.87. The van der Waals surface area contributed by atoms with Crippen molar-refractivity contribution in [2.45, 2.75) is 13.0 Å². The number of carbonyl (C=O) groups is 1. The first-order valence-electron chi connectivity index (χ1n) is 4.37. The molecule has 0 heterocycles. The molecule has 0 aliphatic heterocycles. The third-order valence-corrected chi connectivity index (χ3v) is 2.35. The lowest BCUT2D eigenvalue weighted by atomic mass is 10.0. The highest BCUT2D eigenvalue weighted by Crippen LogP contribution is 2.19. The summed E-state index contributed by atoms with van der Waals surface area (Å²) in [7, 11) is 4.01. The Labute approximate surface area is 79.2 Å². The van der Waals surface area contributed by atoms with Crippen molar-refractivity contribution in [2.24, 2.45) is 0 Å². The molecule has 0 fully saturated rings. The van der Waals surface area contributed by atoms with Gasteiger partial charge in [-0.1, -0.05) is 24.3 Å². The highest BCUT2D eigenvalue weighted by molar-refractivity contribution is 5.77. The van der Waals surface area contributed by atoms with Gasteiger partial charge in [-0.25, -0.2) is 0 Å². The van der Waals surface area contributed by atoms with Crippen molar-refractivity contribution >= 4 is 6.29 Å². The molecular weight excluding hydrogens is 162 g/mol. The number of aldehydes is 1. The molecule has 0 bridgehead atoms. The van der Waals surface area contributed by atoms with Gasteiger partial charge in [0.1, 0.15) is 6.29 Å². The summed E-state index contributed by atoms with van der Waals surface area (Å²) in [5.74, 6) is 0. The molecule has 0 saturated heterocycles. The third kappa shape index (κ3) is 2.16. The van der Waals surface area contributed by atoms with E-state index in [1.165, 1.54) is 0 Å². The van der Waals surface area contributed by atoms with Crippen LogP contribution in [0.4, 0.5) is 0 Å². The van der Waals surface area contributed by atoms with Crippen molar-refractivity contribution in [3.8, 4) is 0 Å². The molecule has 0 radical (unpaired) electrons. The Kier molecular flexibility index (Phi) is 3.20. The van der Waals surface area contributed by atoms with Gasteiger partial charge in [-0.15, -0.1) is 0 Å². The molecule has 0 amide bonds. The van der Waals surface area contributed by atoms with E-state index in [1.807, 2.05) is 38.4 Å². The first kappa shape index (κ1) is 9.93. The summed E-state index contributed by atoms with van der Waals surface area (Å²) in [4.78, 5) is 12.8. The Morgan fingerprint density at radius 3 is 2.46 bits per heavy atom. The number of hydrogen-bond acceptors (Lipinski definition) is 2. The van der Waals surface area contributed by atoms with Gasteiger partial charge in [-0.05, 0) is 26.6 Å². The smallest absolute Gasteiger partial charge is 0.150 e. The molecule has 70 valence electrons. The molecular formula is C11H15NO. The van der Waals surface area contributed by atoms with E-state index >= 15 is 0 Å². The van der Waals surface area contributed by atoms with Crippen molar-refractivity contribution in [1.29, 1.82) is 0 Å². The Balaban J connectivity index is 3.05. The molecule has 0 unspecified atom stereocenters. The standard InChI is InChI=1S/C11H15NO/c1-9(12(2)3)11-7-5-4-6-10(11)8-13/h4-9H,1-3H3/t9-/m1/s1. The summed E-state index contributed by atoms with van der Waals surface area (Å²) < 4.78 is 0. The molecule has 1 atom stereocenters. The van der Waals surface area contributed by atoms with E-state index in [9.17, 15) is 4.79 Å². The van der Waals surface area contributed by atoms with Crippen molar-refractivity contribution in [1.82, 2.24) is 4.90 Å². The Morgan fingerprint density at radius 2 is 1.92 bits per heavy atom. The summed E-state index contributed by atoms with van der Waals surface area (Å²) in [6, 6.07) is 7.97. The zero-order valence-electron chi connectivity index (χ0n) is 8.32. The summed E-state index contributed by atoms with van der Waals surface area (Å²) in [6.45, 7) is 2.09. The molecule has 13 heavy (non-hydrogen) atoms. The minimum absolute atomic E-state index is 0.279. The lowest BCUT2D eigenvalue weighted by molar-refractivity contribution is 0.112. The predicted octanol–water partition coefficient (Wildman–Crippen LogP) is 2.12. The maximum atomic E-state index is 10.7. The maximum absolute atomic E-state index is 10.7. The first-order valence-corrected chi connectivity index (χ1v) is 4.37. The molecule has 0 aliphatic rings. The fraction of sp³-hybridized carbons (Fsp3) is 0.364. The molecule has 0 saturated carbocycles. The molecule has 1 aromatic rings. The molecule has 0 N–H and O–H groups in total. The van der Waals surface area contributed by atoms with Gasteiger partial charge in [0.15, 0.2) is 0 Å². The van der Waals surface area contributed by atoms with Crippen LogP contribution in [-0.2, 0) is 0 Å². The summed E-state index contributed by atoms with van der Waals surface area (Å²) >= 11 is 0. The zero-order chi connectivity index (χ0) is 9.84.